The van der Waals surface area contributed by atoms with E-state index in [-0.39, 0.29) is 31.4 Å². The van der Waals surface area contributed by atoms with Gasteiger partial charge in [-0.15, -0.1) is 0 Å². The standard InChI is InChI=1S/C40H72N2O6/c1-6-10-14-16-22-35(20-12-8-3)30-40(39(45)46,31-36(21-13-9-4)23-17-15-11-7-2)26-18-24-37(43)47-32-34(5)48-38(44)25-19-28-42-29-27-41-33-42/h27,29,33-36H,6-26,28,30-32H2,1-5H3,(H,45,46). The van der Waals surface area contributed by atoms with Crippen LogP contribution in [0.1, 0.15) is 182 Å². The van der Waals surface area contributed by atoms with E-state index in [9.17, 15) is 19.5 Å². The summed E-state index contributed by atoms with van der Waals surface area (Å²) in [5.74, 6) is -0.569. The molecule has 0 spiro atoms. The molecule has 0 bridgehead atoms. The van der Waals surface area contributed by atoms with Crippen LogP contribution in [0.3, 0.4) is 0 Å². The number of ether oxygens (including phenoxy) is 2. The molecule has 8 nitrogen and oxygen atoms in total. The van der Waals surface area contributed by atoms with E-state index in [0.717, 1.165) is 64.2 Å². The van der Waals surface area contributed by atoms with Crippen LogP contribution in [0.15, 0.2) is 18.7 Å². The van der Waals surface area contributed by atoms with Gasteiger partial charge in [-0.1, -0.05) is 130 Å². The van der Waals surface area contributed by atoms with Gasteiger partial charge in [0.2, 0.25) is 0 Å². The van der Waals surface area contributed by atoms with E-state index >= 15 is 0 Å². The molecule has 1 rings (SSSR count). The van der Waals surface area contributed by atoms with Crippen LogP contribution in [0.4, 0.5) is 0 Å². The molecule has 1 aromatic rings. The minimum atomic E-state index is -0.827. The highest BCUT2D eigenvalue weighted by Crippen LogP contribution is 2.44. The lowest BCUT2D eigenvalue weighted by atomic mass is 9.67. The van der Waals surface area contributed by atoms with E-state index in [0.29, 0.717) is 50.5 Å². The number of aryl methyl sites for hydroxylation is 1. The predicted molar refractivity (Wildman–Crippen MR) is 195 cm³/mol. The van der Waals surface area contributed by atoms with Crippen LogP contribution in [-0.2, 0) is 30.4 Å². The number of nitrogens with zero attached hydrogens (tertiary/aromatic N) is 2. The fourth-order valence-corrected chi connectivity index (χ4v) is 7.07. The fourth-order valence-electron chi connectivity index (χ4n) is 7.07. The van der Waals surface area contributed by atoms with Crippen molar-refractivity contribution in [3.05, 3.63) is 18.7 Å². The van der Waals surface area contributed by atoms with E-state index < -0.39 is 17.5 Å². The normalized spacial score (nSPS) is 14.6. The van der Waals surface area contributed by atoms with Crippen molar-refractivity contribution in [1.82, 2.24) is 9.55 Å². The lowest BCUT2D eigenvalue weighted by Gasteiger charge is -2.37. The molecular formula is C40H72N2O6. The Morgan fingerprint density at radius 3 is 1.77 bits per heavy atom. The van der Waals surface area contributed by atoms with Crippen LogP contribution >= 0.6 is 0 Å². The van der Waals surface area contributed by atoms with Gasteiger partial charge in [0.15, 0.2) is 0 Å². The molecule has 0 saturated heterocycles. The molecule has 278 valence electrons. The molecule has 0 aliphatic rings. The summed E-state index contributed by atoms with van der Waals surface area (Å²) in [6.45, 7) is 11.3. The van der Waals surface area contributed by atoms with Gasteiger partial charge < -0.3 is 19.1 Å². The van der Waals surface area contributed by atoms with Gasteiger partial charge in [-0.2, -0.15) is 0 Å². The molecule has 3 unspecified atom stereocenters. The largest absolute Gasteiger partial charge is 0.481 e. The number of carboxylic acids is 1. The zero-order valence-electron chi connectivity index (χ0n) is 31.5. The summed E-state index contributed by atoms with van der Waals surface area (Å²) in [4.78, 5) is 42.4. The van der Waals surface area contributed by atoms with Crippen LogP contribution in [0.2, 0.25) is 0 Å². The van der Waals surface area contributed by atoms with Crippen molar-refractivity contribution in [2.45, 2.75) is 195 Å². The van der Waals surface area contributed by atoms with E-state index in [1.807, 2.05) is 10.8 Å². The number of hydrogen-bond acceptors (Lipinski definition) is 6. The monoisotopic (exact) mass is 677 g/mol. The Morgan fingerprint density at radius 2 is 1.27 bits per heavy atom. The smallest absolute Gasteiger partial charge is 0.309 e. The quantitative estimate of drug-likeness (QED) is 0.0597. The summed E-state index contributed by atoms with van der Waals surface area (Å²) < 4.78 is 12.8. The van der Waals surface area contributed by atoms with Crippen molar-refractivity contribution >= 4 is 17.9 Å². The number of imidazole rings is 1. The first-order valence-electron chi connectivity index (χ1n) is 19.7. The van der Waals surface area contributed by atoms with E-state index in [1.54, 1.807) is 19.4 Å². The molecular weight excluding hydrogens is 604 g/mol. The van der Waals surface area contributed by atoms with Gasteiger partial charge >= 0.3 is 17.9 Å². The van der Waals surface area contributed by atoms with Crippen LogP contribution < -0.4 is 0 Å². The third-order valence-electron chi connectivity index (χ3n) is 9.88. The molecule has 1 N–H and O–H groups in total. The van der Waals surface area contributed by atoms with Gasteiger partial charge in [-0.25, -0.2) is 4.98 Å². The molecule has 0 fully saturated rings. The number of carbonyl (C=O) groups excluding carboxylic acids is 2. The van der Waals surface area contributed by atoms with Crippen molar-refractivity contribution < 1.29 is 29.0 Å². The summed E-state index contributed by atoms with van der Waals surface area (Å²) in [6.07, 6.45) is 26.6. The molecule has 3 atom stereocenters. The maximum absolute atomic E-state index is 13.4. The Balaban J connectivity index is 2.87. The number of aliphatic carboxylic acids is 1. The molecule has 0 aliphatic carbocycles. The summed E-state index contributed by atoms with van der Waals surface area (Å²) >= 11 is 0. The molecule has 0 aliphatic heterocycles. The number of esters is 2. The minimum Gasteiger partial charge on any atom is -0.481 e. The average Bonchev–Trinajstić information content (AvgIpc) is 3.58. The van der Waals surface area contributed by atoms with Gasteiger partial charge in [0, 0.05) is 31.8 Å². The summed E-state index contributed by atoms with van der Waals surface area (Å²) in [5.41, 5.74) is -0.827. The van der Waals surface area contributed by atoms with E-state index in [2.05, 4.69) is 32.7 Å². The molecule has 1 aromatic heterocycles. The zero-order chi connectivity index (χ0) is 35.5. The first-order valence-corrected chi connectivity index (χ1v) is 19.7. The first-order chi connectivity index (χ1) is 23.2. The minimum absolute atomic E-state index is 0.00384. The summed E-state index contributed by atoms with van der Waals surface area (Å²) in [7, 11) is 0. The lowest BCUT2D eigenvalue weighted by Crippen LogP contribution is -2.36. The first kappa shape index (κ1) is 43.6. The number of rotatable bonds is 32. The molecule has 48 heavy (non-hydrogen) atoms. The van der Waals surface area contributed by atoms with Gasteiger partial charge in [0.05, 0.1) is 11.7 Å². The summed E-state index contributed by atoms with van der Waals surface area (Å²) in [5, 5.41) is 11.0. The van der Waals surface area contributed by atoms with Gasteiger partial charge in [-0.3, -0.25) is 14.4 Å². The maximum Gasteiger partial charge on any atom is 0.309 e. The highest BCUT2D eigenvalue weighted by Gasteiger charge is 2.41. The zero-order valence-corrected chi connectivity index (χ0v) is 31.5. The van der Waals surface area contributed by atoms with Crippen molar-refractivity contribution in [2.24, 2.45) is 17.3 Å². The molecule has 0 radical (unpaired) electrons. The number of aromatic nitrogens is 2. The number of carboxylic acid groups (broad SMARTS) is 1. The van der Waals surface area contributed by atoms with Crippen molar-refractivity contribution in [1.29, 1.82) is 0 Å². The molecule has 0 aromatic carbocycles. The topological polar surface area (TPSA) is 108 Å². The average molecular weight is 677 g/mol. The summed E-state index contributed by atoms with van der Waals surface area (Å²) in [6, 6.07) is 0. The SMILES string of the molecule is CCCCCCC(CCCC)CC(CCCC(=O)OCC(C)OC(=O)CCCn1ccnc1)(CC(CCCC)CCCCCC)C(=O)O. The van der Waals surface area contributed by atoms with Crippen LogP contribution in [0.25, 0.3) is 0 Å². The van der Waals surface area contributed by atoms with Crippen LogP contribution in [-0.4, -0.2) is 45.3 Å². The number of hydrogen-bond donors (Lipinski definition) is 1. The van der Waals surface area contributed by atoms with E-state index in [1.165, 1.54) is 38.5 Å². The molecule has 1 heterocycles. The Hall–Kier alpha value is -2.38. The van der Waals surface area contributed by atoms with Crippen LogP contribution in [0.5, 0.6) is 0 Å². The molecule has 0 saturated carbocycles. The second-order valence-corrected chi connectivity index (χ2v) is 14.5. The van der Waals surface area contributed by atoms with Crippen molar-refractivity contribution in [2.75, 3.05) is 6.61 Å². The third-order valence-corrected chi connectivity index (χ3v) is 9.88. The molecule has 8 heteroatoms. The van der Waals surface area contributed by atoms with Gasteiger partial charge in [-0.05, 0) is 50.9 Å². The Kier molecular flexibility index (Phi) is 25.0. The highest BCUT2D eigenvalue weighted by molar-refractivity contribution is 5.75. The van der Waals surface area contributed by atoms with Crippen molar-refractivity contribution in [3.8, 4) is 0 Å². The Bertz CT molecular complexity index is 924. The maximum atomic E-state index is 13.4. The second kappa shape index (κ2) is 27.4. The highest BCUT2D eigenvalue weighted by atomic mass is 16.6. The van der Waals surface area contributed by atoms with Crippen molar-refractivity contribution in [3.63, 3.8) is 0 Å². The van der Waals surface area contributed by atoms with Gasteiger partial charge in [0.25, 0.3) is 0 Å². The fraction of sp³-hybridized carbons (Fsp3) is 0.850. The van der Waals surface area contributed by atoms with E-state index in [4.69, 9.17) is 9.47 Å². The number of carbonyl (C=O) groups is 3. The lowest BCUT2D eigenvalue weighted by molar-refractivity contribution is -0.158. The Morgan fingerprint density at radius 1 is 0.729 bits per heavy atom. The number of unbranched alkanes of at least 4 members (excludes halogenated alkanes) is 8. The Labute approximate surface area is 293 Å². The third kappa shape index (κ3) is 20.2. The van der Waals surface area contributed by atoms with Gasteiger partial charge in [0.1, 0.15) is 12.7 Å². The predicted octanol–water partition coefficient (Wildman–Crippen LogP) is 10.7. The molecule has 0 amide bonds. The second-order valence-electron chi connectivity index (χ2n) is 14.5. The van der Waals surface area contributed by atoms with Crippen LogP contribution in [0, 0.1) is 17.3 Å².